The van der Waals surface area contributed by atoms with Crippen molar-refractivity contribution in [3.8, 4) is 11.5 Å². The summed E-state index contributed by atoms with van der Waals surface area (Å²) in [7, 11) is 3.19. The fourth-order valence-electron chi connectivity index (χ4n) is 1.76. The summed E-state index contributed by atoms with van der Waals surface area (Å²) in [5, 5.41) is 5.95. The van der Waals surface area contributed by atoms with Crippen LogP contribution >= 0.6 is 15.9 Å². The average molecular weight is 345 g/mol. The summed E-state index contributed by atoms with van der Waals surface area (Å²) in [4.78, 5) is 11.6. The molecule has 0 aromatic heterocycles. The lowest BCUT2D eigenvalue weighted by atomic mass is 10.2. The van der Waals surface area contributed by atoms with E-state index in [9.17, 15) is 4.79 Å². The van der Waals surface area contributed by atoms with E-state index in [-0.39, 0.29) is 11.9 Å². The van der Waals surface area contributed by atoms with E-state index < -0.39 is 0 Å². The summed E-state index contributed by atoms with van der Waals surface area (Å²) in [6.07, 6.45) is 0. The number of likely N-dealkylation sites (N-methyl/N-ethyl adjacent to an activating group) is 1. The van der Waals surface area contributed by atoms with Crippen LogP contribution in [0.15, 0.2) is 16.6 Å². The minimum absolute atomic E-state index is 0.00737. The molecule has 1 unspecified atom stereocenters. The molecule has 1 atom stereocenters. The Kier molecular flexibility index (Phi) is 6.81. The minimum Gasteiger partial charge on any atom is -0.493 e. The zero-order chi connectivity index (χ0) is 15.1. The first-order valence-electron chi connectivity index (χ1n) is 6.45. The second-order valence-corrected chi connectivity index (χ2v) is 5.16. The van der Waals surface area contributed by atoms with Crippen LogP contribution < -0.4 is 20.1 Å². The van der Waals surface area contributed by atoms with Gasteiger partial charge in [-0.3, -0.25) is 4.79 Å². The first-order chi connectivity index (χ1) is 9.53. The summed E-state index contributed by atoms with van der Waals surface area (Å²) < 4.78 is 11.4. The van der Waals surface area contributed by atoms with E-state index in [1.807, 2.05) is 26.0 Å². The van der Waals surface area contributed by atoms with Gasteiger partial charge >= 0.3 is 0 Å². The van der Waals surface area contributed by atoms with Crippen molar-refractivity contribution in [2.24, 2.45) is 0 Å². The Balaban J connectivity index is 2.74. The highest BCUT2D eigenvalue weighted by Gasteiger charge is 2.13. The maximum Gasteiger partial charge on any atom is 0.236 e. The van der Waals surface area contributed by atoms with Crippen molar-refractivity contribution < 1.29 is 14.3 Å². The Bertz CT molecular complexity index is 466. The molecule has 0 heterocycles. The number of ether oxygens (including phenoxy) is 2. The van der Waals surface area contributed by atoms with Gasteiger partial charge in [0.15, 0.2) is 11.5 Å². The molecule has 1 aromatic rings. The predicted octanol–water partition coefficient (Wildman–Crippen LogP) is 2.08. The Morgan fingerprint density at radius 2 is 2.05 bits per heavy atom. The van der Waals surface area contributed by atoms with E-state index in [4.69, 9.17) is 9.47 Å². The standard InChI is InChI=1S/C14H21BrN2O3/c1-5-16-14(18)9(2)17-8-10-6-11(15)13(20-4)12(7-10)19-3/h6-7,9,17H,5,8H2,1-4H3,(H,16,18). The van der Waals surface area contributed by atoms with Crippen LogP contribution in [0.2, 0.25) is 0 Å². The molecule has 1 aromatic carbocycles. The van der Waals surface area contributed by atoms with Gasteiger partial charge in [0.25, 0.3) is 0 Å². The number of carbonyl (C=O) groups excluding carboxylic acids is 1. The topological polar surface area (TPSA) is 59.6 Å². The molecule has 1 amide bonds. The fraction of sp³-hybridized carbons (Fsp3) is 0.500. The molecule has 2 N–H and O–H groups in total. The molecule has 5 nitrogen and oxygen atoms in total. The molecular weight excluding hydrogens is 324 g/mol. The number of methoxy groups -OCH3 is 2. The summed E-state index contributed by atoms with van der Waals surface area (Å²) in [6.45, 7) is 4.93. The second-order valence-electron chi connectivity index (χ2n) is 4.31. The lowest BCUT2D eigenvalue weighted by Gasteiger charge is -2.15. The first-order valence-corrected chi connectivity index (χ1v) is 7.24. The molecular formula is C14H21BrN2O3. The third-order valence-electron chi connectivity index (χ3n) is 2.85. The van der Waals surface area contributed by atoms with Crippen LogP contribution in [0.4, 0.5) is 0 Å². The third-order valence-corrected chi connectivity index (χ3v) is 3.44. The highest BCUT2D eigenvalue weighted by molar-refractivity contribution is 9.10. The maximum atomic E-state index is 11.6. The van der Waals surface area contributed by atoms with Gasteiger partial charge in [-0.25, -0.2) is 0 Å². The van der Waals surface area contributed by atoms with Gasteiger partial charge in [0.05, 0.1) is 24.7 Å². The SMILES string of the molecule is CCNC(=O)C(C)NCc1cc(Br)c(OC)c(OC)c1. The molecule has 0 bridgehead atoms. The third kappa shape index (κ3) is 4.38. The lowest BCUT2D eigenvalue weighted by molar-refractivity contribution is -0.122. The van der Waals surface area contributed by atoms with Gasteiger partial charge < -0.3 is 20.1 Å². The van der Waals surface area contributed by atoms with Crippen molar-refractivity contribution in [3.63, 3.8) is 0 Å². The molecule has 0 aliphatic rings. The number of carbonyl (C=O) groups is 1. The number of halogens is 1. The van der Waals surface area contributed by atoms with Crippen molar-refractivity contribution >= 4 is 21.8 Å². The quantitative estimate of drug-likeness (QED) is 0.795. The van der Waals surface area contributed by atoms with Crippen LogP contribution in [-0.4, -0.2) is 32.7 Å². The molecule has 0 aliphatic carbocycles. The van der Waals surface area contributed by atoms with E-state index >= 15 is 0 Å². The summed E-state index contributed by atoms with van der Waals surface area (Å²) in [5.41, 5.74) is 1.01. The van der Waals surface area contributed by atoms with Crippen LogP contribution in [0.3, 0.4) is 0 Å². The highest BCUT2D eigenvalue weighted by atomic mass is 79.9. The number of rotatable bonds is 7. The van der Waals surface area contributed by atoms with E-state index in [1.165, 1.54) is 0 Å². The van der Waals surface area contributed by atoms with Crippen molar-refractivity contribution in [2.45, 2.75) is 26.4 Å². The summed E-state index contributed by atoms with van der Waals surface area (Å²) >= 11 is 3.45. The Morgan fingerprint density at radius 3 is 2.60 bits per heavy atom. The Hall–Kier alpha value is -1.27. The zero-order valence-corrected chi connectivity index (χ0v) is 13.8. The highest BCUT2D eigenvalue weighted by Crippen LogP contribution is 2.36. The molecule has 0 aliphatic heterocycles. The average Bonchev–Trinajstić information content (AvgIpc) is 2.44. The van der Waals surface area contributed by atoms with Crippen molar-refractivity contribution in [3.05, 3.63) is 22.2 Å². The molecule has 0 spiro atoms. The number of amides is 1. The molecule has 0 fully saturated rings. The Morgan fingerprint density at radius 1 is 1.35 bits per heavy atom. The van der Waals surface area contributed by atoms with E-state index in [0.29, 0.717) is 24.6 Å². The van der Waals surface area contributed by atoms with Crippen LogP contribution in [-0.2, 0) is 11.3 Å². The van der Waals surface area contributed by atoms with Gasteiger partial charge in [-0.1, -0.05) is 0 Å². The predicted molar refractivity (Wildman–Crippen MR) is 82.2 cm³/mol. The molecule has 112 valence electrons. The smallest absolute Gasteiger partial charge is 0.236 e. The number of hydrogen-bond acceptors (Lipinski definition) is 4. The van der Waals surface area contributed by atoms with Gasteiger partial charge in [-0.05, 0) is 47.5 Å². The number of hydrogen-bond donors (Lipinski definition) is 2. The lowest BCUT2D eigenvalue weighted by Crippen LogP contribution is -2.41. The summed E-state index contributed by atoms with van der Waals surface area (Å²) in [5.74, 6) is 1.31. The van der Waals surface area contributed by atoms with Crippen LogP contribution in [0.25, 0.3) is 0 Å². The molecule has 0 saturated heterocycles. The normalized spacial score (nSPS) is 11.8. The van der Waals surface area contributed by atoms with E-state index in [0.717, 1.165) is 10.0 Å². The second kappa shape index (κ2) is 8.11. The minimum atomic E-state index is -0.248. The fourth-order valence-corrected chi connectivity index (χ4v) is 2.42. The van der Waals surface area contributed by atoms with Crippen molar-refractivity contribution in [1.82, 2.24) is 10.6 Å². The van der Waals surface area contributed by atoms with Gasteiger partial charge in [-0.15, -0.1) is 0 Å². The van der Waals surface area contributed by atoms with Crippen LogP contribution in [0.1, 0.15) is 19.4 Å². The first kappa shape index (κ1) is 16.8. The van der Waals surface area contributed by atoms with Crippen molar-refractivity contribution in [1.29, 1.82) is 0 Å². The van der Waals surface area contributed by atoms with Crippen LogP contribution in [0, 0.1) is 0 Å². The largest absolute Gasteiger partial charge is 0.493 e. The number of nitrogens with one attached hydrogen (secondary N) is 2. The summed E-state index contributed by atoms with van der Waals surface area (Å²) in [6, 6.07) is 3.58. The molecule has 1 rings (SSSR count). The number of benzene rings is 1. The molecule has 0 radical (unpaired) electrons. The molecule has 0 saturated carbocycles. The molecule has 20 heavy (non-hydrogen) atoms. The van der Waals surface area contributed by atoms with Gasteiger partial charge in [0.1, 0.15) is 0 Å². The van der Waals surface area contributed by atoms with Crippen LogP contribution in [0.5, 0.6) is 11.5 Å². The van der Waals surface area contributed by atoms with E-state index in [2.05, 4.69) is 26.6 Å². The zero-order valence-electron chi connectivity index (χ0n) is 12.2. The van der Waals surface area contributed by atoms with Gasteiger partial charge in [-0.2, -0.15) is 0 Å². The van der Waals surface area contributed by atoms with Crippen molar-refractivity contribution in [2.75, 3.05) is 20.8 Å². The van der Waals surface area contributed by atoms with Gasteiger partial charge in [0.2, 0.25) is 5.91 Å². The maximum absolute atomic E-state index is 11.6. The molecule has 6 heteroatoms. The monoisotopic (exact) mass is 344 g/mol. The van der Waals surface area contributed by atoms with E-state index in [1.54, 1.807) is 14.2 Å². The van der Waals surface area contributed by atoms with Gasteiger partial charge in [0, 0.05) is 13.1 Å². The Labute approximate surface area is 128 Å².